The third-order valence-corrected chi connectivity index (χ3v) is 5.10. The second kappa shape index (κ2) is 9.31. The molecule has 0 unspecified atom stereocenters. The summed E-state index contributed by atoms with van der Waals surface area (Å²) in [6.07, 6.45) is 16.5. The normalized spacial score (nSPS) is 22.1. The highest BCUT2D eigenvalue weighted by molar-refractivity contribution is 5.81. The van der Waals surface area contributed by atoms with E-state index in [1.54, 1.807) is 13.0 Å². The van der Waals surface area contributed by atoms with Gasteiger partial charge in [-0.2, -0.15) is 0 Å². The maximum absolute atomic E-state index is 10.6. The van der Waals surface area contributed by atoms with Gasteiger partial charge < -0.3 is 5.11 Å². The lowest BCUT2D eigenvalue weighted by atomic mass is 9.69. The van der Waals surface area contributed by atoms with Crippen molar-refractivity contribution in [1.29, 1.82) is 0 Å². The number of hydrogen-bond acceptors (Lipinski definition) is 2. The molecule has 0 aromatic carbocycles. The maximum atomic E-state index is 10.6. The van der Waals surface area contributed by atoms with Crippen LogP contribution in [0.2, 0.25) is 0 Å². The summed E-state index contributed by atoms with van der Waals surface area (Å²) < 4.78 is 0. The summed E-state index contributed by atoms with van der Waals surface area (Å²) in [5.41, 5.74) is 5.67. The Labute approximate surface area is 162 Å². The summed E-state index contributed by atoms with van der Waals surface area (Å²) in [5, 5.41) is 8.74. The van der Waals surface area contributed by atoms with Crippen LogP contribution < -0.4 is 0 Å². The van der Waals surface area contributed by atoms with E-state index in [1.807, 2.05) is 31.3 Å². The van der Waals surface area contributed by atoms with Crippen LogP contribution >= 0.6 is 0 Å². The van der Waals surface area contributed by atoms with Crippen molar-refractivity contribution in [1.82, 2.24) is 4.98 Å². The first-order valence-corrected chi connectivity index (χ1v) is 9.39. The van der Waals surface area contributed by atoms with Gasteiger partial charge in [0.15, 0.2) is 0 Å². The van der Waals surface area contributed by atoms with Gasteiger partial charge in [0.1, 0.15) is 0 Å². The molecule has 0 amide bonds. The second-order valence-corrected chi connectivity index (χ2v) is 7.42. The molecule has 2 rings (SSSR count). The first kappa shape index (κ1) is 20.6. The van der Waals surface area contributed by atoms with Gasteiger partial charge in [-0.05, 0) is 70.2 Å². The summed E-state index contributed by atoms with van der Waals surface area (Å²) in [6.45, 7) is 8.34. The van der Waals surface area contributed by atoms with Crippen molar-refractivity contribution in [2.24, 2.45) is 0 Å². The molecule has 1 N–H and O–H groups in total. The molecule has 1 aliphatic carbocycles. The highest BCUT2D eigenvalue weighted by Crippen LogP contribution is 2.43. The summed E-state index contributed by atoms with van der Waals surface area (Å²) in [7, 11) is 0. The van der Waals surface area contributed by atoms with Crippen LogP contribution in [0.4, 0.5) is 0 Å². The third kappa shape index (κ3) is 5.65. The molecule has 1 atom stereocenters. The monoisotopic (exact) mass is 363 g/mol. The van der Waals surface area contributed by atoms with Crippen LogP contribution in [0, 0.1) is 0 Å². The molecule has 3 heteroatoms. The summed E-state index contributed by atoms with van der Waals surface area (Å²) in [5.74, 6) is -0.925. The Kier molecular flexibility index (Phi) is 7.12. The Balaban J connectivity index is 2.23. The van der Waals surface area contributed by atoms with E-state index >= 15 is 0 Å². The smallest absolute Gasteiger partial charge is 0.328 e. The molecule has 0 radical (unpaired) electrons. The standard InChI is InChI=1S/C24H29NO2/c1-18(9-7-10-19(2)17-23(26)27)13-14-21-20(3)11-8-15-24(21,4)22-12-5-6-16-25-22/h5-7,9-10,12-14,16-17H,8,11,15H2,1-4H3,(H,26,27)/b10-7+,14-13+,18-9+,19-17+/t24-/m1/s1. The highest BCUT2D eigenvalue weighted by atomic mass is 16.4. The molecule has 0 saturated heterocycles. The lowest BCUT2D eigenvalue weighted by Crippen LogP contribution is -2.29. The minimum Gasteiger partial charge on any atom is -0.478 e. The molecule has 0 bridgehead atoms. The fourth-order valence-corrected chi connectivity index (χ4v) is 3.59. The number of rotatable bonds is 6. The van der Waals surface area contributed by atoms with Gasteiger partial charge in [-0.15, -0.1) is 0 Å². The van der Waals surface area contributed by atoms with E-state index in [0.717, 1.165) is 24.1 Å². The number of allylic oxidation sites excluding steroid dienone is 9. The van der Waals surface area contributed by atoms with Gasteiger partial charge in [-0.3, -0.25) is 4.98 Å². The molecule has 0 spiro atoms. The van der Waals surface area contributed by atoms with Crippen LogP contribution in [0.5, 0.6) is 0 Å². The molecule has 1 heterocycles. The number of carboxylic acids is 1. The first-order valence-electron chi connectivity index (χ1n) is 9.39. The van der Waals surface area contributed by atoms with E-state index in [2.05, 4.69) is 43.1 Å². The number of aliphatic carboxylic acids is 1. The summed E-state index contributed by atoms with van der Waals surface area (Å²) in [6, 6.07) is 6.14. The number of nitrogens with zero attached hydrogens (tertiary/aromatic N) is 1. The molecular formula is C24H29NO2. The van der Waals surface area contributed by atoms with Crippen molar-refractivity contribution >= 4 is 5.97 Å². The average molecular weight is 364 g/mol. The van der Waals surface area contributed by atoms with Gasteiger partial charge in [-0.25, -0.2) is 4.79 Å². The molecule has 1 aromatic rings. The lowest BCUT2D eigenvalue weighted by molar-refractivity contribution is -0.131. The second-order valence-electron chi connectivity index (χ2n) is 7.42. The third-order valence-electron chi connectivity index (χ3n) is 5.10. The molecule has 1 aromatic heterocycles. The number of aromatic nitrogens is 1. The van der Waals surface area contributed by atoms with Crippen molar-refractivity contribution in [2.75, 3.05) is 0 Å². The maximum Gasteiger partial charge on any atom is 0.328 e. The van der Waals surface area contributed by atoms with E-state index in [1.165, 1.54) is 23.6 Å². The number of carboxylic acid groups (broad SMARTS) is 1. The minimum absolute atomic E-state index is 0.0585. The Bertz CT molecular complexity index is 825. The SMILES string of the molecule is CC1=C(/C=C/C(C)=C/C=C/C(C)=C/C(=O)O)[C@](C)(c2ccccn2)CCC1. The lowest BCUT2D eigenvalue weighted by Gasteiger charge is -2.36. The van der Waals surface area contributed by atoms with Crippen molar-refractivity contribution < 1.29 is 9.90 Å². The molecule has 1 aliphatic rings. The van der Waals surface area contributed by atoms with Gasteiger partial charge in [0.25, 0.3) is 0 Å². The molecule has 3 nitrogen and oxygen atoms in total. The molecule has 0 saturated carbocycles. The summed E-state index contributed by atoms with van der Waals surface area (Å²) >= 11 is 0. The van der Waals surface area contributed by atoms with Gasteiger partial charge in [0, 0.05) is 17.7 Å². The molecule has 0 aliphatic heterocycles. The van der Waals surface area contributed by atoms with Crippen LogP contribution in [-0.4, -0.2) is 16.1 Å². The molecule has 0 fully saturated rings. The number of hydrogen-bond donors (Lipinski definition) is 1. The zero-order valence-electron chi connectivity index (χ0n) is 16.7. The van der Waals surface area contributed by atoms with E-state index in [4.69, 9.17) is 5.11 Å². The minimum atomic E-state index is -0.925. The van der Waals surface area contributed by atoms with E-state index < -0.39 is 5.97 Å². The van der Waals surface area contributed by atoms with Gasteiger partial charge >= 0.3 is 5.97 Å². The summed E-state index contributed by atoms with van der Waals surface area (Å²) in [4.78, 5) is 15.3. The average Bonchev–Trinajstić information content (AvgIpc) is 2.61. The van der Waals surface area contributed by atoms with E-state index in [9.17, 15) is 4.79 Å². The van der Waals surface area contributed by atoms with Gasteiger partial charge in [0.05, 0.1) is 5.69 Å². The quantitative estimate of drug-likeness (QED) is 0.503. The molecular weight excluding hydrogens is 334 g/mol. The van der Waals surface area contributed by atoms with Crippen molar-refractivity contribution in [3.63, 3.8) is 0 Å². The number of pyridine rings is 1. The number of carbonyl (C=O) groups is 1. The topological polar surface area (TPSA) is 50.2 Å². The first-order chi connectivity index (χ1) is 12.8. The van der Waals surface area contributed by atoms with Crippen LogP contribution in [0.3, 0.4) is 0 Å². The fraction of sp³-hybridized carbons (Fsp3) is 0.333. The zero-order valence-corrected chi connectivity index (χ0v) is 16.7. The van der Waals surface area contributed by atoms with Crippen molar-refractivity contribution in [2.45, 2.75) is 52.4 Å². The van der Waals surface area contributed by atoms with E-state index in [0.29, 0.717) is 5.57 Å². The highest BCUT2D eigenvalue weighted by Gasteiger charge is 2.34. The fourth-order valence-electron chi connectivity index (χ4n) is 3.59. The van der Waals surface area contributed by atoms with Crippen LogP contribution in [0.15, 0.2) is 83.1 Å². The van der Waals surface area contributed by atoms with Gasteiger partial charge in [0.2, 0.25) is 0 Å². The Hall–Kier alpha value is -2.68. The van der Waals surface area contributed by atoms with Crippen LogP contribution in [0.25, 0.3) is 0 Å². The molecule has 27 heavy (non-hydrogen) atoms. The van der Waals surface area contributed by atoms with Crippen LogP contribution in [-0.2, 0) is 10.2 Å². The van der Waals surface area contributed by atoms with Crippen molar-refractivity contribution in [3.8, 4) is 0 Å². The van der Waals surface area contributed by atoms with Gasteiger partial charge in [-0.1, -0.05) is 47.6 Å². The predicted octanol–water partition coefficient (Wildman–Crippen LogP) is 5.93. The van der Waals surface area contributed by atoms with Crippen molar-refractivity contribution in [3.05, 3.63) is 88.8 Å². The Morgan fingerprint density at radius 1 is 1.22 bits per heavy atom. The van der Waals surface area contributed by atoms with E-state index in [-0.39, 0.29) is 5.41 Å². The Morgan fingerprint density at radius 2 is 2.00 bits per heavy atom. The largest absolute Gasteiger partial charge is 0.478 e. The molecule has 142 valence electrons. The zero-order chi connectivity index (χ0) is 19.9. The predicted molar refractivity (Wildman–Crippen MR) is 112 cm³/mol. The Morgan fingerprint density at radius 3 is 2.67 bits per heavy atom. The van der Waals surface area contributed by atoms with Crippen LogP contribution in [0.1, 0.15) is 52.7 Å².